The highest BCUT2D eigenvalue weighted by atomic mass is 35.5. The molecule has 2 rings (SSSR count). The fourth-order valence-electron chi connectivity index (χ4n) is 1.98. The third-order valence-corrected chi connectivity index (χ3v) is 2.75. The zero-order valence-electron chi connectivity index (χ0n) is 10.5. The summed E-state index contributed by atoms with van der Waals surface area (Å²) < 4.78 is 5.60. The van der Waals surface area contributed by atoms with Crippen LogP contribution in [0, 0.1) is 0 Å². The average molecular weight is 257 g/mol. The molecule has 0 radical (unpaired) electrons. The first-order valence-corrected chi connectivity index (χ1v) is 5.97. The van der Waals surface area contributed by atoms with E-state index in [1.54, 1.807) is 0 Å². The Bertz CT molecular complexity index is 344. The van der Waals surface area contributed by atoms with Crippen molar-refractivity contribution in [3.63, 3.8) is 0 Å². The van der Waals surface area contributed by atoms with E-state index in [1.165, 1.54) is 11.4 Å². The van der Waals surface area contributed by atoms with Crippen molar-refractivity contribution in [3.05, 3.63) is 24.3 Å². The second-order valence-electron chi connectivity index (χ2n) is 4.35. The van der Waals surface area contributed by atoms with E-state index >= 15 is 0 Å². The van der Waals surface area contributed by atoms with Gasteiger partial charge in [0.05, 0.1) is 24.1 Å². The van der Waals surface area contributed by atoms with Crippen LogP contribution in [-0.2, 0) is 4.74 Å². The molecule has 0 amide bonds. The largest absolute Gasteiger partial charge is 0.382 e. The topological polar surface area (TPSA) is 24.5 Å². The van der Waals surface area contributed by atoms with Crippen molar-refractivity contribution in [3.8, 4) is 0 Å². The third-order valence-electron chi connectivity index (χ3n) is 2.75. The second kappa shape index (κ2) is 6.72. The lowest BCUT2D eigenvalue weighted by molar-refractivity contribution is 0.0841. The zero-order valence-corrected chi connectivity index (χ0v) is 11.3. The Morgan fingerprint density at radius 3 is 2.88 bits per heavy atom. The summed E-state index contributed by atoms with van der Waals surface area (Å²) in [6.45, 7) is 7.98. The maximum Gasteiger partial charge on any atom is 0.0645 e. The standard InChI is InChI=1S/C13H20N2O.ClH/c1-11(2)16-10-9-15-8-7-14-12-5-3-4-6-13(12)15;/h3-6,11,14H,7-10H2,1-2H3;1H. The van der Waals surface area contributed by atoms with E-state index in [0.29, 0.717) is 6.10 Å². The molecule has 0 aromatic heterocycles. The van der Waals surface area contributed by atoms with Crippen LogP contribution in [-0.4, -0.2) is 32.3 Å². The Kier molecular flexibility index (Phi) is 5.59. The van der Waals surface area contributed by atoms with Crippen LogP contribution in [0.2, 0.25) is 0 Å². The lowest BCUT2D eigenvalue weighted by Gasteiger charge is -2.32. The molecule has 0 saturated carbocycles. The molecule has 4 heteroatoms. The molecule has 1 heterocycles. The fourth-order valence-corrected chi connectivity index (χ4v) is 1.98. The summed E-state index contributed by atoms with van der Waals surface area (Å²) in [5.41, 5.74) is 2.53. The number of nitrogens with zero attached hydrogens (tertiary/aromatic N) is 1. The molecule has 0 unspecified atom stereocenters. The molecule has 17 heavy (non-hydrogen) atoms. The van der Waals surface area contributed by atoms with Crippen molar-refractivity contribution in [2.45, 2.75) is 20.0 Å². The Labute approximate surface area is 110 Å². The second-order valence-corrected chi connectivity index (χ2v) is 4.35. The smallest absolute Gasteiger partial charge is 0.0645 e. The number of rotatable bonds is 4. The Morgan fingerprint density at radius 1 is 1.35 bits per heavy atom. The summed E-state index contributed by atoms with van der Waals surface area (Å²) >= 11 is 0. The summed E-state index contributed by atoms with van der Waals surface area (Å²) in [6, 6.07) is 8.45. The van der Waals surface area contributed by atoms with Crippen LogP contribution in [0.3, 0.4) is 0 Å². The van der Waals surface area contributed by atoms with Crippen molar-refractivity contribution in [1.29, 1.82) is 0 Å². The summed E-state index contributed by atoms with van der Waals surface area (Å²) in [4.78, 5) is 2.38. The van der Waals surface area contributed by atoms with Gasteiger partial charge in [0.1, 0.15) is 0 Å². The van der Waals surface area contributed by atoms with E-state index in [9.17, 15) is 0 Å². The molecular weight excluding hydrogens is 236 g/mol. The molecular formula is C13H21ClN2O. The van der Waals surface area contributed by atoms with Gasteiger partial charge in [-0.2, -0.15) is 0 Å². The van der Waals surface area contributed by atoms with Gasteiger partial charge < -0.3 is 15.0 Å². The lowest BCUT2D eigenvalue weighted by Crippen LogP contribution is -2.36. The predicted molar refractivity (Wildman–Crippen MR) is 75.5 cm³/mol. The lowest BCUT2D eigenvalue weighted by atomic mass is 10.2. The van der Waals surface area contributed by atoms with E-state index in [2.05, 4.69) is 48.3 Å². The third kappa shape index (κ3) is 3.79. The first kappa shape index (κ1) is 14.1. The van der Waals surface area contributed by atoms with E-state index in [1.807, 2.05) is 0 Å². The van der Waals surface area contributed by atoms with Gasteiger partial charge in [0.25, 0.3) is 0 Å². The zero-order chi connectivity index (χ0) is 11.4. The van der Waals surface area contributed by atoms with E-state index in [0.717, 1.165) is 26.2 Å². The summed E-state index contributed by atoms with van der Waals surface area (Å²) in [5, 5.41) is 3.41. The molecule has 0 bridgehead atoms. The molecule has 1 aliphatic rings. The molecule has 1 aromatic rings. The highest BCUT2D eigenvalue weighted by Crippen LogP contribution is 2.27. The molecule has 1 aromatic carbocycles. The number of anilines is 2. The van der Waals surface area contributed by atoms with Crippen molar-refractivity contribution >= 4 is 23.8 Å². The quantitative estimate of drug-likeness (QED) is 0.897. The van der Waals surface area contributed by atoms with Crippen LogP contribution >= 0.6 is 12.4 Å². The number of fused-ring (bicyclic) bond motifs is 1. The maximum absolute atomic E-state index is 5.60. The van der Waals surface area contributed by atoms with Crippen LogP contribution < -0.4 is 10.2 Å². The highest BCUT2D eigenvalue weighted by Gasteiger charge is 2.14. The van der Waals surface area contributed by atoms with Gasteiger partial charge in [0.15, 0.2) is 0 Å². The van der Waals surface area contributed by atoms with Crippen molar-refractivity contribution in [2.75, 3.05) is 36.5 Å². The first-order chi connectivity index (χ1) is 7.77. The van der Waals surface area contributed by atoms with Crippen molar-refractivity contribution in [1.82, 2.24) is 0 Å². The predicted octanol–water partition coefficient (Wildman–Crippen LogP) is 2.77. The first-order valence-electron chi connectivity index (χ1n) is 5.97. The number of ether oxygens (including phenoxy) is 1. The number of benzene rings is 1. The fraction of sp³-hybridized carbons (Fsp3) is 0.538. The molecule has 1 N–H and O–H groups in total. The Balaban J connectivity index is 0.00000144. The molecule has 96 valence electrons. The van der Waals surface area contributed by atoms with Gasteiger partial charge in [-0.05, 0) is 26.0 Å². The van der Waals surface area contributed by atoms with Crippen molar-refractivity contribution < 1.29 is 4.74 Å². The van der Waals surface area contributed by atoms with Gasteiger partial charge >= 0.3 is 0 Å². The highest BCUT2D eigenvalue weighted by molar-refractivity contribution is 5.85. The summed E-state index contributed by atoms with van der Waals surface area (Å²) in [6.07, 6.45) is 0.318. The van der Waals surface area contributed by atoms with Crippen LogP contribution in [0.5, 0.6) is 0 Å². The summed E-state index contributed by atoms with van der Waals surface area (Å²) in [7, 11) is 0. The molecule has 0 fully saturated rings. The van der Waals surface area contributed by atoms with Gasteiger partial charge in [0, 0.05) is 19.6 Å². The number of nitrogens with one attached hydrogen (secondary N) is 1. The molecule has 0 atom stereocenters. The average Bonchev–Trinajstić information content (AvgIpc) is 2.29. The summed E-state index contributed by atoms with van der Waals surface area (Å²) in [5.74, 6) is 0. The van der Waals surface area contributed by atoms with E-state index in [-0.39, 0.29) is 12.4 Å². The van der Waals surface area contributed by atoms with Gasteiger partial charge in [-0.15, -0.1) is 12.4 Å². The van der Waals surface area contributed by atoms with Crippen LogP contribution in [0.15, 0.2) is 24.3 Å². The van der Waals surface area contributed by atoms with E-state index < -0.39 is 0 Å². The van der Waals surface area contributed by atoms with Crippen LogP contribution in [0.1, 0.15) is 13.8 Å². The minimum Gasteiger partial charge on any atom is -0.382 e. The van der Waals surface area contributed by atoms with Gasteiger partial charge in [-0.25, -0.2) is 0 Å². The molecule has 1 aliphatic heterocycles. The van der Waals surface area contributed by atoms with E-state index in [4.69, 9.17) is 4.74 Å². The van der Waals surface area contributed by atoms with Crippen LogP contribution in [0.4, 0.5) is 11.4 Å². The minimum absolute atomic E-state index is 0. The Morgan fingerprint density at radius 2 is 2.12 bits per heavy atom. The minimum atomic E-state index is 0. The number of para-hydroxylation sites is 2. The molecule has 3 nitrogen and oxygen atoms in total. The normalized spacial score (nSPS) is 13.9. The SMILES string of the molecule is CC(C)OCCN1CCNc2ccccc21.Cl. The van der Waals surface area contributed by atoms with Gasteiger partial charge in [-0.1, -0.05) is 12.1 Å². The monoisotopic (exact) mass is 256 g/mol. The number of hydrogen-bond donors (Lipinski definition) is 1. The van der Waals surface area contributed by atoms with Crippen LogP contribution in [0.25, 0.3) is 0 Å². The molecule has 0 saturated heterocycles. The van der Waals surface area contributed by atoms with Gasteiger partial charge in [-0.3, -0.25) is 0 Å². The van der Waals surface area contributed by atoms with Gasteiger partial charge in [0.2, 0.25) is 0 Å². The number of halogens is 1. The molecule has 0 spiro atoms. The maximum atomic E-state index is 5.60. The Hall–Kier alpha value is -0.930. The molecule has 0 aliphatic carbocycles. The number of hydrogen-bond acceptors (Lipinski definition) is 3. The van der Waals surface area contributed by atoms with Crippen molar-refractivity contribution in [2.24, 2.45) is 0 Å².